The van der Waals surface area contributed by atoms with Crippen LogP contribution in [-0.4, -0.2) is 50.1 Å². The summed E-state index contributed by atoms with van der Waals surface area (Å²) in [5.74, 6) is 0.693. The van der Waals surface area contributed by atoms with Crippen LogP contribution in [0.3, 0.4) is 0 Å². The quantitative estimate of drug-likeness (QED) is 0.219. The Morgan fingerprint density at radius 2 is 1.85 bits per heavy atom. The van der Waals surface area contributed by atoms with E-state index in [2.05, 4.69) is 41.3 Å². The first kappa shape index (κ1) is 25.1. The van der Waals surface area contributed by atoms with Crippen molar-refractivity contribution in [3.05, 3.63) is 35.1 Å². The molecule has 2 N–H and O–H groups in total. The molecule has 1 rings (SSSR count). The summed E-state index contributed by atoms with van der Waals surface area (Å²) in [5.41, 5.74) is 2.17. The second kappa shape index (κ2) is 15.2. The van der Waals surface area contributed by atoms with Crippen molar-refractivity contribution in [2.24, 2.45) is 4.99 Å². The summed E-state index contributed by atoms with van der Waals surface area (Å²) in [5, 5.41) is 6.65. The Morgan fingerprint density at radius 1 is 1.12 bits per heavy atom. The van der Waals surface area contributed by atoms with Crippen molar-refractivity contribution in [1.29, 1.82) is 0 Å². The Morgan fingerprint density at radius 3 is 2.46 bits per heavy atom. The van der Waals surface area contributed by atoms with Crippen molar-refractivity contribution in [2.75, 3.05) is 39.3 Å². The fourth-order valence-corrected chi connectivity index (χ4v) is 2.78. The number of nitrogens with zero attached hydrogens (tertiary/aromatic N) is 2. The number of aliphatic imine (C=N–C) groups is 1. The molecule has 0 saturated heterocycles. The molecule has 0 unspecified atom stereocenters. The maximum absolute atomic E-state index is 13.1. The number of aryl methyl sites for hydroxylation is 1. The van der Waals surface area contributed by atoms with Gasteiger partial charge in [-0.25, -0.2) is 4.39 Å². The van der Waals surface area contributed by atoms with Crippen molar-refractivity contribution in [3.63, 3.8) is 0 Å². The number of halogens is 2. The van der Waals surface area contributed by atoms with Gasteiger partial charge in [-0.1, -0.05) is 19.9 Å². The molecule has 0 radical (unpaired) electrons. The summed E-state index contributed by atoms with van der Waals surface area (Å²) in [6, 6.07) is 4.98. The maximum Gasteiger partial charge on any atom is 0.191 e. The van der Waals surface area contributed by atoms with Crippen LogP contribution in [0.2, 0.25) is 0 Å². The molecule has 1 aromatic rings. The van der Waals surface area contributed by atoms with Crippen LogP contribution in [0.25, 0.3) is 0 Å². The van der Waals surface area contributed by atoms with E-state index in [1.54, 1.807) is 6.07 Å². The van der Waals surface area contributed by atoms with Crippen molar-refractivity contribution < 1.29 is 4.39 Å². The fourth-order valence-electron chi connectivity index (χ4n) is 2.78. The second-order valence-electron chi connectivity index (χ2n) is 6.24. The van der Waals surface area contributed by atoms with E-state index in [-0.39, 0.29) is 29.8 Å². The Balaban J connectivity index is 0.00000625. The zero-order valence-corrected chi connectivity index (χ0v) is 19.1. The molecule has 0 amide bonds. The molecule has 0 aliphatic carbocycles. The van der Waals surface area contributed by atoms with E-state index in [1.165, 1.54) is 18.1 Å². The van der Waals surface area contributed by atoms with Crippen LogP contribution in [0.5, 0.6) is 0 Å². The van der Waals surface area contributed by atoms with Gasteiger partial charge in [-0.05, 0) is 76.0 Å². The highest BCUT2D eigenvalue weighted by Crippen LogP contribution is 2.10. The molecule has 0 fully saturated rings. The predicted molar refractivity (Wildman–Crippen MR) is 121 cm³/mol. The number of hydrogen-bond donors (Lipinski definition) is 2. The van der Waals surface area contributed by atoms with Crippen LogP contribution >= 0.6 is 24.0 Å². The van der Waals surface area contributed by atoms with E-state index in [4.69, 9.17) is 0 Å². The molecular weight excluding hydrogens is 442 g/mol. The lowest BCUT2D eigenvalue weighted by molar-refractivity contribution is 0.297. The third-order valence-corrected chi connectivity index (χ3v) is 4.38. The average Bonchev–Trinajstić information content (AvgIpc) is 2.60. The van der Waals surface area contributed by atoms with E-state index >= 15 is 0 Å². The van der Waals surface area contributed by atoms with E-state index in [0.29, 0.717) is 0 Å². The molecule has 0 spiro atoms. The number of unbranched alkanes of at least 4 members (excludes halogenated alkanes) is 1. The largest absolute Gasteiger partial charge is 0.357 e. The molecule has 1 aromatic carbocycles. The topological polar surface area (TPSA) is 39.7 Å². The van der Waals surface area contributed by atoms with Crippen LogP contribution in [-0.2, 0) is 6.42 Å². The number of rotatable bonds is 11. The van der Waals surface area contributed by atoms with Crippen LogP contribution in [0.1, 0.15) is 44.7 Å². The molecule has 4 nitrogen and oxygen atoms in total. The molecule has 0 aromatic heterocycles. The first-order valence-electron chi connectivity index (χ1n) is 9.60. The minimum atomic E-state index is -0.172. The van der Waals surface area contributed by atoms with E-state index < -0.39 is 0 Å². The van der Waals surface area contributed by atoms with E-state index in [0.717, 1.165) is 63.6 Å². The van der Waals surface area contributed by atoms with E-state index in [1.807, 2.05) is 13.0 Å². The maximum atomic E-state index is 13.1. The smallest absolute Gasteiger partial charge is 0.191 e. The van der Waals surface area contributed by atoms with Gasteiger partial charge >= 0.3 is 0 Å². The van der Waals surface area contributed by atoms with Gasteiger partial charge in [0, 0.05) is 19.6 Å². The third kappa shape index (κ3) is 10.3. The Bertz CT molecular complexity index is 519. The number of benzene rings is 1. The predicted octanol–water partition coefficient (Wildman–Crippen LogP) is 3.97. The standard InChI is InChI=1S/C20H35FN4.HI/c1-5-22-20(23-13-8-9-15-25(6-2)7-3)24-14-12-18-10-11-19(21)16-17(18)4;/h10-11,16H,5-9,12-15H2,1-4H3,(H2,22,23,24);1H. The monoisotopic (exact) mass is 478 g/mol. The lowest BCUT2D eigenvalue weighted by atomic mass is 10.1. The Hall–Kier alpha value is -0.890. The molecule has 0 aliphatic heterocycles. The van der Waals surface area contributed by atoms with Gasteiger partial charge in [0.05, 0.1) is 0 Å². The molecule has 150 valence electrons. The highest BCUT2D eigenvalue weighted by Gasteiger charge is 2.02. The van der Waals surface area contributed by atoms with Crippen LogP contribution < -0.4 is 10.6 Å². The minimum Gasteiger partial charge on any atom is -0.357 e. The Kier molecular flexibility index (Phi) is 14.7. The summed E-state index contributed by atoms with van der Waals surface area (Å²) < 4.78 is 13.1. The molecule has 0 heterocycles. The normalized spacial score (nSPS) is 11.4. The summed E-state index contributed by atoms with van der Waals surface area (Å²) in [6.45, 7) is 14.3. The zero-order valence-electron chi connectivity index (χ0n) is 16.8. The third-order valence-electron chi connectivity index (χ3n) is 4.38. The molecular formula is C20H36FIN4. The number of hydrogen-bond acceptors (Lipinski definition) is 2. The van der Waals surface area contributed by atoms with E-state index in [9.17, 15) is 4.39 Å². The molecule has 0 aliphatic rings. The second-order valence-corrected chi connectivity index (χ2v) is 6.24. The van der Waals surface area contributed by atoms with Crippen molar-refractivity contribution in [3.8, 4) is 0 Å². The fraction of sp³-hybridized carbons (Fsp3) is 0.650. The van der Waals surface area contributed by atoms with Crippen molar-refractivity contribution >= 4 is 29.9 Å². The van der Waals surface area contributed by atoms with Gasteiger partial charge in [0.1, 0.15) is 5.82 Å². The Labute approximate surface area is 176 Å². The van der Waals surface area contributed by atoms with Gasteiger partial charge in [0.15, 0.2) is 5.96 Å². The number of guanidine groups is 1. The van der Waals surface area contributed by atoms with Crippen molar-refractivity contribution in [2.45, 2.75) is 47.0 Å². The van der Waals surface area contributed by atoms with Crippen molar-refractivity contribution in [1.82, 2.24) is 15.5 Å². The molecule has 6 heteroatoms. The minimum absolute atomic E-state index is 0. The lowest BCUT2D eigenvalue weighted by Gasteiger charge is -2.17. The summed E-state index contributed by atoms with van der Waals surface area (Å²) in [6.07, 6.45) is 3.14. The van der Waals surface area contributed by atoms with Gasteiger partial charge in [0.25, 0.3) is 0 Å². The first-order chi connectivity index (χ1) is 12.1. The van der Waals surface area contributed by atoms with Gasteiger partial charge in [-0.15, -0.1) is 24.0 Å². The highest BCUT2D eigenvalue weighted by molar-refractivity contribution is 14.0. The van der Waals surface area contributed by atoms with Gasteiger partial charge in [0.2, 0.25) is 0 Å². The zero-order chi connectivity index (χ0) is 18.5. The van der Waals surface area contributed by atoms with Gasteiger partial charge in [-0.2, -0.15) is 0 Å². The molecule has 26 heavy (non-hydrogen) atoms. The van der Waals surface area contributed by atoms with Gasteiger partial charge < -0.3 is 15.5 Å². The first-order valence-corrected chi connectivity index (χ1v) is 9.60. The van der Waals surface area contributed by atoms with Crippen LogP contribution in [0.15, 0.2) is 23.2 Å². The summed E-state index contributed by atoms with van der Waals surface area (Å²) in [7, 11) is 0. The van der Waals surface area contributed by atoms with Crippen LogP contribution in [0.4, 0.5) is 4.39 Å². The summed E-state index contributed by atoms with van der Waals surface area (Å²) >= 11 is 0. The lowest BCUT2D eigenvalue weighted by Crippen LogP contribution is -2.38. The molecule has 0 atom stereocenters. The van der Waals surface area contributed by atoms with Gasteiger partial charge in [-0.3, -0.25) is 4.99 Å². The highest BCUT2D eigenvalue weighted by atomic mass is 127. The molecule has 0 saturated carbocycles. The summed E-state index contributed by atoms with van der Waals surface area (Å²) in [4.78, 5) is 7.09. The van der Waals surface area contributed by atoms with Crippen LogP contribution in [0, 0.1) is 12.7 Å². The molecule has 0 bridgehead atoms. The SMILES string of the molecule is CCNC(=NCCCCN(CC)CC)NCCc1ccc(F)cc1C.I. The number of nitrogens with one attached hydrogen (secondary N) is 2. The average molecular weight is 478 g/mol.